The fraction of sp³-hybridized carbons (Fsp3) is 0. The molecule has 1 aromatic rings. The van der Waals surface area contributed by atoms with Gasteiger partial charge in [0.2, 0.25) is 0 Å². The van der Waals surface area contributed by atoms with Gasteiger partial charge in [-0.3, -0.25) is 5.41 Å². The van der Waals surface area contributed by atoms with Crippen LogP contribution in [0.15, 0.2) is 22.7 Å². The van der Waals surface area contributed by atoms with Crippen LogP contribution >= 0.6 is 39.9 Å². The maximum Gasteiger partial charge on any atom is 0.124 e. The predicted octanol–water partition coefficient (Wildman–Crippen LogP) is 2.81. The molecular formula is C7H7BrCl2N2. The number of amidine groups is 1. The normalized spacial score (nSPS) is 8.83. The molecule has 1 rings (SSSR count). The Morgan fingerprint density at radius 3 is 2.50 bits per heavy atom. The molecule has 0 atom stereocenters. The Labute approximate surface area is 90.1 Å². The van der Waals surface area contributed by atoms with E-state index in [1.54, 1.807) is 18.2 Å². The maximum atomic E-state index is 7.15. The average Bonchev–Trinajstić information content (AvgIpc) is 1.94. The summed E-state index contributed by atoms with van der Waals surface area (Å²) in [5, 5.41) is 7.65. The molecule has 0 amide bonds. The van der Waals surface area contributed by atoms with Crippen LogP contribution in [-0.2, 0) is 0 Å². The number of hydrogen-bond donors (Lipinski definition) is 2. The van der Waals surface area contributed by atoms with E-state index in [0.29, 0.717) is 10.6 Å². The second kappa shape index (κ2) is 4.70. The van der Waals surface area contributed by atoms with Crippen LogP contribution < -0.4 is 5.73 Å². The van der Waals surface area contributed by atoms with Gasteiger partial charge < -0.3 is 5.73 Å². The van der Waals surface area contributed by atoms with Gasteiger partial charge in [0.05, 0.1) is 5.02 Å². The van der Waals surface area contributed by atoms with Crippen LogP contribution in [-0.4, -0.2) is 5.84 Å². The molecule has 0 aromatic heterocycles. The van der Waals surface area contributed by atoms with Crippen molar-refractivity contribution in [3.63, 3.8) is 0 Å². The smallest absolute Gasteiger partial charge is 0.124 e. The number of benzene rings is 1. The average molecular weight is 270 g/mol. The Hall–Kier alpha value is -0.250. The van der Waals surface area contributed by atoms with Crippen LogP contribution in [0.4, 0.5) is 0 Å². The first-order valence-corrected chi connectivity index (χ1v) is 4.08. The van der Waals surface area contributed by atoms with E-state index < -0.39 is 0 Å². The summed E-state index contributed by atoms with van der Waals surface area (Å²) >= 11 is 9.00. The second-order valence-corrected chi connectivity index (χ2v) is 3.36. The highest BCUT2D eigenvalue weighted by molar-refractivity contribution is 9.10. The van der Waals surface area contributed by atoms with E-state index in [0.717, 1.165) is 4.47 Å². The third kappa shape index (κ3) is 2.66. The molecule has 0 fully saturated rings. The molecule has 0 aliphatic heterocycles. The summed E-state index contributed by atoms with van der Waals surface area (Å²) in [6, 6.07) is 5.21. The van der Waals surface area contributed by atoms with Crippen molar-refractivity contribution in [3.05, 3.63) is 33.3 Å². The summed E-state index contributed by atoms with van der Waals surface area (Å²) in [6.07, 6.45) is 0. The summed E-state index contributed by atoms with van der Waals surface area (Å²) in [7, 11) is 0. The first kappa shape index (κ1) is 11.8. The van der Waals surface area contributed by atoms with Crippen molar-refractivity contribution in [3.8, 4) is 0 Å². The molecule has 5 heteroatoms. The van der Waals surface area contributed by atoms with Crippen molar-refractivity contribution in [1.29, 1.82) is 5.41 Å². The quantitative estimate of drug-likeness (QED) is 0.598. The van der Waals surface area contributed by atoms with E-state index in [-0.39, 0.29) is 18.2 Å². The highest BCUT2D eigenvalue weighted by Crippen LogP contribution is 2.19. The van der Waals surface area contributed by atoms with Gasteiger partial charge in [0.1, 0.15) is 5.84 Å². The van der Waals surface area contributed by atoms with Gasteiger partial charge in [-0.05, 0) is 18.2 Å². The van der Waals surface area contributed by atoms with Gasteiger partial charge in [-0.1, -0.05) is 27.5 Å². The van der Waals surface area contributed by atoms with Gasteiger partial charge in [-0.2, -0.15) is 0 Å². The van der Waals surface area contributed by atoms with Gasteiger partial charge in [0, 0.05) is 10.0 Å². The van der Waals surface area contributed by atoms with Crippen molar-refractivity contribution < 1.29 is 0 Å². The first-order chi connectivity index (χ1) is 5.11. The highest BCUT2D eigenvalue weighted by Gasteiger charge is 2.02. The van der Waals surface area contributed by atoms with Gasteiger partial charge in [-0.25, -0.2) is 0 Å². The zero-order chi connectivity index (χ0) is 8.43. The predicted molar refractivity (Wildman–Crippen MR) is 57.4 cm³/mol. The molecule has 0 aliphatic rings. The summed E-state index contributed by atoms with van der Waals surface area (Å²) < 4.78 is 0.868. The minimum absolute atomic E-state index is 0. The molecule has 0 saturated heterocycles. The third-order valence-corrected chi connectivity index (χ3v) is 2.04. The molecule has 66 valence electrons. The number of nitrogens with two attached hydrogens (primary N) is 1. The zero-order valence-corrected chi connectivity index (χ0v) is 9.13. The molecule has 3 N–H and O–H groups in total. The van der Waals surface area contributed by atoms with Crippen LogP contribution in [0.5, 0.6) is 0 Å². The van der Waals surface area contributed by atoms with E-state index in [9.17, 15) is 0 Å². The first-order valence-electron chi connectivity index (χ1n) is 2.90. The van der Waals surface area contributed by atoms with Crippen LogP contribution in [0.1, 0.15) is 5.56 Å². The monoisotopic (exact) mass is 268 g/mol. The minimum atomic E-state index is -0.0173. The lowest BCUT2D eigenvalue weighted by molar-refractivity contribution is 1.42. The molecule has 0 aliphatic carbocycles. The summed E-state index contributed by atoms with van der Waals surface area (Å²) in [5.41, 5.74) is 5.82. The number of nitrogens with one attached hydrogen (secondary N) is 1. The molecule has 0 spiro atoms. The number of hydrogen-bond acceptors (Lipinski definition) is 1. The largest absolute Gasteiger partial charge is 0.384 e. The van der Waals surface area contributed by atoms with E-state index in [1.165, 1.54) is 0 Å². The summed E-state index contributed by atoms with van der Waals surface area (Å²) in [6.45, 7) is 0. The van der Waals surface area contributed by atoms with Crippen molar-refractivity contribution in [2.24, 2.45) is 5.73 Å². The summed E-state index contributed by atoms with van der Waals surface area (Å²) in [5.74, 6) is -0.0173. The zero-order valence-electron chi connectivity index (χ0n) is 5.97. The van der Waals surface area contributed by atoms with Crippen molar-refractivity contribution in [2.75, 3.05) is 0 Å². The van der Waals surface area contributed by atoms with Crippen molar-refractivity contribution >= 4 is 45.8 Å². The van der Waals surface area contributed by atoms with Crippen molar-refractivity contribution in [2.45, 2.75) is 0 Å². The third-order valence-electron chi connectivity index (χ3n) is 1.22. The fourth-order valence-corrected chi connectivity index (χ4v) is 1.28. The Kier molecular flexibility index (Phi) is 4.60. The molecular weight excluding hydrogens is 263 g/mol. The Morgan fingerprint density at radius 2 is 2.08 bits per heavy atom. The van der Waals surface area contributed by atoms with Crippen LogP contribution in [0.25, 0.3) is 0 Å². The van der Waals surface area contributed by atoms with Crippen LogP contribution in [0, 0.1) is 5.41 Å². The summed E-state index contributed by atoms with van der Waals surface area (Å²) in [4.78, 5) is 0. The standard InChI is InChI=1S/C7H6BrClN2.ClH/c8-4-1-2-6(9)5(3-4)7(10)11;/h1-3H,(H3,10,11);1H. The van der Waals surface area contributed by atoms with E-state index in [2.05, 4.69) is 15.9 Å². The maximum absolute atomic E-state index is 7.15. The number of rotatable bonds is 1. The molecule has 0 unspecified atom stereocenters. The number of nitrogen functional groups attached to an aromatic ring is 1. The Bertz CT molecular complexity index is 301. The van der Waals surface area contributed by atoms with E-state index in [1.807, 2.05) is 0 Å². The van der Waals surface area contributed by atoms with Gasteiger partial charge in [-0.15, -0.1) is 12.4 Å². The Morgan fingerprint density at radius 1 is 1.50 bits per heavy atom. The SMILES string of the molecule is Cl.N=C(N)c1cc(Br)ccc1Cl. The van der Waals surface area contributed by atoms with Gasteiger partial charge >= 0.3 is 0 Å². The lowest BCUT2D eigenvalue weighted by atomic mass is 10.2. The second-order valence-electron chi connectivity index (χ2n) is 2.04. The van der Waals surface area contributed by atoms with Gasteiger partial charge in [0.15, 0.2) is 0 Å². The lowest BCUT2D eigenvalue weighted by Gasteiger charge is -2.00. The van der Waals surface area contributed by atoms with E-state index in [4.69, 9.17) is 22.7 Å². The van der Waals surface area contributed by atoms with Crippen LogP contribution in [0.2, 0.25) is 5.02 Å². The number of halogens is 3. The molecule has 0 radical (unpaired) electrons. The Balaban J connectivity index is 0.00000121. The fourth-order valence-electron chi connectivity index (χ4n) is 0.704. The van der Waals surface area contributed by atoms with Gasteiger partial charge in [0.25, 0.3) is 0 Å². The topological polar surface area (TPSA) is 49.9 Å². The minimum Gasteiger partial charge on any atom is -0.384 e. The van der Waals surface area contributed by atoms with Crippen LogP contribution in [0.3, 0.4) is 0 Å². The molecule has 1 aromatic carbocycles. The molecule has 0 saturated carbocycles. The lowest BCUT2D eigenvalue weighted by Crippen LogP contribution is -2.11. The highest BCUT2D eigenvalue weighted by atomic mass is 79.9. The van der Waals surface area contributed by atoms with Crippen molar-refractivity contribution in [1.82, 2.24) is 0 Å². The molecule has 2 nitrogen and oxygen atoms in total. The molecule has 0 bridgehead atoms. The molecule has 0 heterocycles. The van der Waals surface area contributed by atoms with E-state index >= 15 is 0 Å². The molecule has 12 heavy (non-hydrogen) atoms.